The Morgan fingerprint density at radius 2 is 1.71 bits per heavy atom. The largest absolute Gasteiger partial charge is 0.469 e. The standard InChI is InChI=1S/C23H20N2O3/c26-22(24-18-8-5-11-21-15(18)12-13-28-21)14-25-19-9-3-1-6-16(19)23(27)17-7-2-4-10-20(17)25/h1-4,6-7,9-10,12-13,18H,5,8,11,14H2,(H,24,26). The molecule has 5 heteroatoms. The van der Waals surface area contributed by atoms with Crippen LogP contribution in [-0.2, 0) is 17.8 Å². The van der Waals surface area contributed by atoms with Gasteiger partial charge in [0.05, 0.1) is 23.3 Å². The fourth-order valence-electron chi connectivity index (χ4n) is 4.27. The number of benzene rings is 2. The van der Waals surface area contributed by atoms with Gasteiger partial charge in [0.2, 0.25) is 5.91 Å². The van der Waals surface area contributed by atoms with E-state index in [0.29, 0.717) is 10.8 Å². The quantitative estimate of drug-likeness (QED) is 0.554. The first-order valence-electron chi connectivity index (χ1n) is 9.58. The number of carbonyl (C=O) groups is 1. The van der Waals surface area contributed by atoms with Crippen molar-refractivity contribution < 1.29 is 9.21 Å². The Balaban J connectivity index is 1.54. The van der Waals surface area contributed by atoms with Crippen LogP contribution in [0.15, 0.2) is 70.1 Å². The van der Waals surface area contributed by atoms with Gasteiger partial charge in [0.15, 0.2) is 5.43 Å². The predicted molar refractivity (Wildman–Crippen MR) is 108 cm³/mol. The summed E-state index contributed by atoms with van der Waals surface area (Å²) in [5.41, 5.74) is 2.62. The normalized spacial score (nSPS) is 16.2. The molecule has 0 spiro atoms. The first kappa shape index (κ1) is 16.8. The summed E-state index contributed by atoms with van der Waals surface area (Å²) < 4.78 is 7.45. The van der Waals surface area contributed by atoms with Crippen LogP contribution < -0.4 is 10.7 Å². The van der Waals surface area contributed by atoms with Crippen molar-refractivity contribution in [3.63, 3.8) is 0 Å². The Kier molecular flexibility index (Phi) is 4.01. The highest BCUT2D eigenvalue weighted by Crippen LogP contribution is 2.30. The van der Waals surface area contributed by atoms with Crippen molar-refractivity contribution in [2.75, 3.05) is 0 Å². The van der Waals surface area contributed by atoms with Gasteiger partial charge in [-0.3, -0.25) is 9.59 Å². The highest BCUT2D eigenvalue weighted by atomic mass is 16.3. The van der Waals surface area contributed by atoms with Gasteiger partial charge in [0, 0.05) is 22.8 Å². The van der Waals surface area contributed by atoms with Crippen molar-refractivity contribution in [1.82, 2.24) is 9.88 Å². The van der Waals surface area contributed by atoms with Crippen molar-refractivity contribution in [2.24, 2.45) is 0 Å². The predicted octanol–water partition coefficient (Wildman–Crippen LogP) is 3.94. The van der Waals surface area contributed by atoms with Gasteiger partial charge in [-0.2, -0.15) is 0 Å². The third-order valence-electron chi connectivity index (χ3n) is 5.57. The van der Waals surface area contributed by atoms with Crippen LogP contribution in [0.5, 0.6) is 0 Å². The van der Waals surface area contributed by atoms with E-state index in [2.05, 4.69) is 5.32 Å². The van der Waals surface area contributed by atoms with Crippen LogP contribution in [0.25, 0.3) is 21.8 Å². The van der Waals surface area contributed by atoms with Crippen molar-refractivity contribution >= 4 is 27.7 Å². The van der Waals surface area contributed by atoms with Gasteiger partial charge in [-0.05, 0) is 43.2 Å². The summed E-state index contributed by atoms with van der Waals surface area (Å²) in [6.07, 6.45) is 4.51. The van der Waals surface area contributed by atoms with E-state index < -0.39 is 0 Å². The lowest BCUT2D eigenvalue weighted by atomic mass is 9.93. The average molecular weight is 372 g/mol. The van der Waals surface area contributed by atoms with Crippen LogP contribution in [-0.4, -0.2) is 10.5 Å². The maximum absolute atomic E-state index is 12.9. The zero-order valence-corrected chi connectivity index (χ0v) is 15.4. The smallest absolute Gasteiger partial charge is 0.240 e. The van der Waals surface area contributed by atoms with Gasteiger partial charge in [0.1, 0.15) is 12.3 Å². The Hall–Kier alpha value is -3.34. The molecule has 4 aromatic rings. The highest BCUT2D eigenvalue weighted by molar-refractivity contribution is 5.94. The van der Waals surface area contributed by atoms with Crippen LogP contribution in [0.4, 0.5) is 0 Å². The van der Waals surface area contributed by atoms with E-state index in [-0.39, 0.29) is 23.9 Å². The summed E-state index contributed by atoms with van der Waals surface area (Å²) >= 11 is 0. The first-order valence-corrected chi connectivity index (χ1v) is 9.58. The molecule has 0 fully saturated rings. The van der Waals surface area contributed by atoms with E-state index in [4.69, 9.17) is 4.42 Å². The second kappa shape index (κ2) is 6.68. The van der Waals surface area contributed by atoms with Crippen LogP contribution in [0.1, 0.15) is 30.2 Å². The number of hydrogen-bond acceptors (Lipinski definition) is 3. The van der Waals surface area contributed by atoms with Crippen LogP contribution in [0.2, 0.25) is 0 Å². The molecule has 2 heterocycles. The number of nitrogens with zero attached hydrogens (tertiary/aromatic N) is 1. The minimum absolute atomic E-state index is 0.00169. The summed E-state index contributed by atoms with van der Waals surface area (Å²) in [7, 11) is 0. The fraction of sp³-hybridized carbons (Fsp3) is 0.217. The molecule has 1 unspecified atom stereocenters. The van der Waals surface area contributed by atoms with Crippen molar-refractivity contribution in [1.29, 1.82) is 0 Å². The molecule has 0 saturated heterocycles. The van der Waals surface area contributed by atoms with Gasteiger partial charge in [-0.15, -0.1) is 0 Å². The minimum Gasteiger partial charge on any atom is -0.469 e. The second-order valence-corrected chi connectivity index (χ2v) is 7.26. The molecule has 1 N–H and O–H groups in total. The van der Waals surface area contributed by atoms with Gasteiger partial charge in [-0.25, -0.2) is 0 Å². The number of furan rings is 1. The van der Waals surface area contributed by atoms with Gasteiger partial charge < -0.3 is 14.3 Å². The van der Waals surface area contributed by atoms with Crippen LogP contribution in [0.3, 0.4) is 0 Å². The molecule has 0 aliphatic heterocycles. The Labute approximate surface area is 161 Å². The van der Waals surface area contributed by atoms with Gasteiger partial charge in [-0.1, -0.05) is 24.3 Å². The molecular weight excluding hydrogens is 352 g/mol. The summed E-state index contributed by atoms with van der Waals surface area (Å²) in [5, 5.41) is 4.41. The van der Waals surface area contributed by atoms with Crippen LogP contribution in [0, 0.1) is 0 Å². The molecule has 1 atom stereocenters. The number of hydrogen-bond donors (Lipinski definition) is 1. The van der Waals surface area contributed by atoms with Gasteiger partial charge >= 0.3 is 0 Å². The first-order chi connectivity index (χ1) is 13.7. The molecular formula is C23H20N2O3. The summed E-state index contributed by atoms with van der Waals surface area (Å²) in [4.78, 5) is 25.8. The Morgan fingerprint density at radius 3 is 2.43 bits per heavy atom. The minimum atomic E-state index is -0.0713. The lowest BCUT2D eigenvalue weighted by Gasteiger charge is -2.23. The maximum atomic E-state index is 12.9. The van der Waals surface area contributed by atoms with Crippen molar-refractivity contribution in [3.8, 4) is 0 Å². The van der Waals surface area contributed by atoms with Gasteiger partial charge in [0.25, 0.3) is 0 Å². The number of nitrogens with one attached hydrogen (secondary N) is 1. The molecule has 140 valence electrons. The zero-order valence-electron chi connectivity index (χ0n) is 15.4. The van der Waals surface area contributed by atoms with Crippen molar-refractivity contribution in [2.45, 2.75) is 31.8 Å². The molecule has 1 amide bonds. The number of pyridine rings is 1. The van der Waals surface area contributed by atoms with Crippen LogP contribution >= 0.6 is 0 Å². The number of carbonyl (C=O) groups excluding carboxylic acids is 1. The third-order valence-corrected chi connectivity index (χ3v) is 5.57. The third kappa shape index (κ3) is 2.71. The summed E-state index contributed by atoms with van der Waals surface area (Å²) in [6.45, 7) is 0.158. The molecule has 0 saturated carbocycles. The van der Waals surface area contributed by atoms with E-state index >= 15 is 0 Å². The molecule has 2 aromatic carbocycles. The lowest BCUT2D eigenvalue weighted by molar-refractivity contribution is -0.122. The number of para-hydroxylation sites is 2. The number of rotatable bonds is 3. The van der Waals surface area contributed by atoms with E-state index in [1.807, 2.05) is 59.2 Å². The molecule has 5 rings (SSSR count). The number of amides is 1. The number of fused-ring (bicyclic) bond motifs is 3. The summed E-state index contributed by atoms with van der Waals surface area (Å²) in [5.74, 6) is 0.897. The molecule has 2 aromatic heterocycles. The molecule has 5 nitrogen and oxygen atoms in total. The second-order valence-electron chi connectivity index (χ2n) is 7.26. The Bertz CT molecular complexity index is 1190. The number of aryl methyl sites for hydroxylation is 1. The topological polar surface area (TPSA) is 64.2 Å². The lowest BCUT2D eigenvalue weighted by Crippen LogP contribution is -2.33. The van der Waals surface area contributed by atoms with E-state index in [9.17, 15) is 9.59 Å². The Morgan fingerprint density at radius 1 is 1.04 bits per heavy atom. The molecule has 0 radical (unpaired) electrons. The van der Waals surface area contributed by atoms with E-state index in [1.54, 1.807) is 6.26 Å². The van der Waals surface area contributed by atoms with Crippen molar-refractivity contribution in [3.05, 3.63) is 82.4 Å². The highest BCUT2D eigenvalue weighted by Gasteiger charge is 2.24. The SMILES string of the molecule is O=C(Cn1c2ccccc2c(=O)c2ccccc21)NC1CCCc2occc21. The average Bonchev–Trinajstić information content (AvgIpc) is 3.21. The fourth-order valence-corrected chi connectivity index (χ4v) is 4.27. The maximum Gasteiger partial charge on any atom is 0.240 e. The molecule has 1 aliphatic rings. The van der Waals surface area contributed by atoms with E-state index in [0.717, 1.165) is 41.6 Å². The zero-order chi connectivity index (χ0) is 19.1. The summed E-state index contributed by atoms with van der Waals surface area (Å²) in [6, 6.07) is 16.8. The monoisotopic (exact) mass is 372 g/mol. The molecule has 28 heavy (non-hydrogen) atoms. The molecule has 1 aliphatic carbocycles. The van der Waals surface area contributed by atoms with E-state index in [1.165, 1.54) is 0 Å². The molecule has 0 bridgehead atoms. The number of aromatic nitrogens is 1.